The molecule has 116 valence electrons. The Morgan fingerprint density at radius 1 is 1.35 bits per heavy atom. The average molecular weight is 284 g/mol. The molecule has 5 nitrogen and oxygen atoms in total. The number of hydrogen-bond donors (Lipinski definition) is 3. The maximum absolute atomic E-state index is 11.8. The van der Waals surface area contributed by atoms with Crippen LogP contribution in [0, 0.1) is 11.3 Å². The van der Waals surface area contributed by atoms with Gasteiger partial charge in [0, 0.05) is 19.0 Å². The number of nitrogens with one attached hydrogen (secondary N) is 2. The van der Waals surface area contributed by atoms with E-state index in [2.05, 4.69) is 24.5 Å². The Labute approximate surface area is 121 Å². The number of carboxylic acids is 1. The third-order valence-corrected chi connectivity index (χ3v) is 4.34. The summed E-state index contributed by atoms with van der Waals surface area (Å²) in [7, 11) is 0. The van der Waals surface area contributed by atoms with Gasteiger partial charge in [-0.2, -0.15) is 0 Å². The van der Waals surface area contributed by atoms with Gasteiger partial charge in [0.2, 0.25) is 0 Å². The molecule has 0 saturated heterocycles. The van der Waals surface area contributed by atoms with Crippen molar-refractivity contribution in [2.75, 3.05) is 6.54 Å². The maximum Gasteiger partial charge on any atom is 0.315 e. The SMILES string of the molecule is CC(CCNC(=O)NC1CCCC1(C)C)CCC(=O)O. The predicted molar refractivity (Wildman–Crippen MR) is 78.6 cm³/mol. The summed E-state index contributed by atoms with van der Waals surface area (Å²) < 4.78 is 0. The highest BCUT2D eigenvalue weighted by Gasteiger charge is 2.35. The van der Waals surface area contributed by atoms with E-state index in [9.17, 15) is 9.59 Å². The molecule has 0 aromatic rings. The standard InChI is InChI=1S/C15H28N2O3/c1-11(6-7-13(18)19)8-10-16-14(20)17-12-5-4-9-15(12,2)3/h11-12H,4-10H2,1-3H3,(H,18,19)(H2,16,17,20). The van der Waals surface area contributed by atoms with Gasteiger partial charge in [-0.1, -0.05) is 27.2 Å². The van der Waals surface area contributed by atoms with Crippen molar-refractivity contribution in [3.8, 4) is 0 Å². The smallest absolute Gasteiger partial charge is 0.315 e. The predicted octanol–water partition coefficient (Wildman–Crippen LogP) is 2.76. The van der Waals surface area contributed by atoms with Crippen molar-refractivity contribution in [2.24, 2.45) is 11.3 Å². The fraction of sp³-hybridized carbons (Fsp3) is 0.867. The summed E-state index contributed by atoms with van der Waals surface area (Å²) >= 11 is 0. The van der Waals surface area contributed by atoms with Crippen LogP contribution in [0.2, 0.25) is 0 Å². The lowest BCUT2D eigenvalue weighted by Gasteiger charge is -2.27. The molecule has 1 fully saturated rings. The molecule has 20 heavy (non-hydrogen) atoms. The molecule has 2 amide bonds. The Kier molecular flexibility index (Phi) is 6.30. The van der Waals surface area contributed by atoms with E-state index in [0.717, 1.165) is 19.3 Å². The van der Waals surface area contributed by atoms with E-state index in [0.29, 0.717) is 18.9 Å². The molecule has 0 heterocycles. The molecule has 1 saturated carbocycles. The highest BCUT2D eigenvalue weighted by Crippen LogP contribution is 2.36. The van der Waals surface area contributed by atoms with Crippen molar-refractivity contribution in [3.05, 3.63) is 0 Å². The molecular weight excluding hydrogens is 256 g/mol. The minimum absolute atomic E-state index is 0.101. The lowest BCUT2D eigenvalue weighted by molar-refractivity contribution is -0.137. The van der Waals surface area contributed by atoms with E-state index in [-0.39, 0.29) is 23.9 Å². The van der Waals surface area contributed by atoms with Crippen molar-refractivity contribution in [1.82, 2.24) is 10.6 Å². The number of aliphatic carboxylic acids is 1. The van der Waals surface area contributed by atoms with Gasteiger partial charge >= 0.3 is 12.0 Å². The van der Waals surface area contributed by atoms with Gasteiger partial charge in [0.05, 0.1) is 0 Å². The monoisotopic (exact) mass is 284 g/mol. The summed E-state index contributed by atoms with van der Waals surface area (Å²) in [5.74, 6) is -0.444. The Morgan fingerprint density at radius 3 is 2.60 bits per heavy atom. The first-order valence-electron chi connectivity index (χ1n) is 7.57. The Morgan fingerprint density at radius 2 is 2.05 bits per heavy atom. The normalized spacial score (nSPS) is 22.2. The fourth-order valence-corrected chi connectivity index (χ4v) is 2.75. The molecule has 0 spiro atoms. The number of amides is 2. The molecule has 1 aliphatic rings. The molecule has 0 aliphatic heterocycles. The summed E-state index contributed by atoms with van der Waals surface area (Å²) in [6.45, 7) is 7.00. The van der Waals surface area contributed by atoms with Crippen molar-refractivity contribution < 1.29 is 14.7 Å². The molecule has 0 aromatic heterocycles. The van der Waals surface area contributed by atoms with E-state index in [1.807, 2.05) is 6.92 Å². The number of carbonyl (C=O) groups excluding carboxylic acids is 1. The summed E-state index contributed by atoms with van der Waals surface area (Å²) in [5, 5.41) is 14.5. The maximum atomic E-state index is 11.8. The summed E-state index contributed by atoms with van der Waals surface area (Å²) in [6, 6.07) is 0.155. The molecule has 2 unspecified atom stereocenters. The number of rotatable bonds is 7. The van der Waals surface area contributed by atoms with Crippen LogP contribution < -0.4 is 10.6 Å². The first-order valence-corrected chi connectivity index (χ1v) is 7.57. The van der Waals surface area contributed by atoms with Gasteiger partial charge in [-0.05, 0) is 37.0 Å². The molecule has 5 heteroatoms. The van der Waals surface area contributed by atoms with Crippen LogP contribution in [0.5, 0.6) is 0 Å². The van der Waals surface area contributed by atoms with E-state index >= 15 is 0 Å². The van der Waals surface area contributed by atoms with Gasteiger partial charge in [0.1, 0.15) is 0 Å². The summed E-state index contributed by atoms with van der Waals surface area (Å²) in [4.78, 5) is 22.3. The minimum Gasteiger partial charge on any atom is -0.481 e. The topological polar surface area (TPSA) is 78.4 Å². The van der Waals surface area contributed by atoms with Crippen LogP contribution in [-0.2, 0) is 4.79 Å². The number of carboxylic acid groups (broad SMARTS) is 1. The largest absolute Gasteiger partial charge is 0.481 e. The van der Waals surface area contributed by atoms with Gasteiger partial charge in [0.15, 0.2) is 0 Å². The second-order valence-corrected chi connectivity index (χ2v) is 6.66. The zero-order valence-corrected chi connectivity index (χ0v) is 12.9. The number of urea groups is 1. The minimum atomic E-state index is -0.758. The Bertz CT molecular complexity index is 342. The first kappa shape index (κ1) is 16.8. The first-order chi connectivity index (χ1) is 9.31. The highest BCUT2D eigenvalue weighted by atomic mass is 16.4. The molecule has 0 radical (unpaired) electrons. The lowest BCUT2D eigenvalue weighted by atomic mass is 9.87. The molecule has 1 rings (SSSR count). The zero-order chi connectivity index (χ0) is 15.2. The van der Waals surface area contributed by atoms with Crippen LogP contribution in [0.15, 0.2) is 0 Å². The zero-order valence-electron chi connectivity index (χ0n) is 12.9. The van der Waals surface area contributed by atoms with Crippen molar-refractivity contribution in [2.45, 2.75) is 65.3 Å². The summed E-state index contributed by atoms with van der Waals surface area (Å²) in [6.07, 6.45) is 5.05. The third-order valence-electron chi connectivity index (χ3n) is 4.34. The van der Waals surface area contributed by atoms with E-state index in [1.54, 1.807) is 0 Å². The van der Waals surface area contributed by atoms with Crippen molar-refractivity contribution in [3.63, 3.8) is 0 Å². The van der Waals surface area contributed by atoms with Crippen LogP contribution in [0.3, 0.4) is 0 Å². The van der Waals surface area contributed by atoms with Gasteiger partial charge in [0.25, 0.3) is 0 Å². The molecule has 2 atom stereocenters. The molecule has 1 aliphatic carbocycles. The van der Waals surface area contributed by atoms with Crippen LogP contribution in [0.25, 0.3) is 0 Å². The number of carbonyl (C=O) groups is 2. The second-order valence-electron chi connectivity index (χ2n) is 6.66. The Hall–Kier alpha value is -1.26. The van der Waals surface area contributed by atoms with Gasteiger partial charge < -0.3 is 15.7 Å². The number of hydrogen-bond acceptors (Lipinski definition) is 2. The second kappa shape index (κ2) is 7.50. The molecule has 0 aromatic carbocycles. The average Bonchev–Trinajstić information content (AvgIpc) is 2.66. The van der Waals surface area contributed by atoms with E-state index in [1.165, 1.54) is 6.42 Å². The lowest BCUT2D eigenvalue weighted by Crippen LogP contribution is -2.46. The summed E-state index contributed by atoms with van der Waals surface area (Å²) in [5.41, 5.74) is 0.187. The van der Waals surface area contributed by atoms with Crippen LogP contribution in [0.4, 0.5) is 4.79 Å². The molecular formula is C15H28N2O3. The van der Waals surface area contributed by atoms with Crippen LogP contribution in [-0.4, -0.2) is 29.7 Å². The van der Waals surface area contributed by atoms with Crippen LogP contribution >= 0.6 is 0 Å². The van der Waals surface area contributed by atoms with Gasteiger partial charge in [-0.25, -0.2) is 4.79 Å². The Balaban J connectivity index is 2.15. The van der Waals surface area contributed by atoms with Gasteiger partial charge in [-0.3, -0.25) is 4.79 Å². The van der Waals surface area contributed by atoms with Gasteiger partial charge in [-0.15, -0.1) is 0 Å². The van der Waals surface area contributed by atoms with Crippen molar-refractivity contribution in [1.29, 1.82) is 0 Å². The third kappa shape index (κ3) is 5.80. The highest BCUT2D eigenvalue weighted by molar-refractivity contribution is 5.74. The quantitative estimate of drug-likeness (QED) is 0.672. The van der Waals surface area contributed by atoms with Crippen LogP contribution in [0.1, 0.15) is 59.3 Å². The molecule has 3 N–H and O–H groups in total. The van der Waals surface area contributed by atoms with E-state index in [4.69, 9.17) is 5.11 Å². The van der Waals surface area contributed by atoms with E-state index < -0.39 is 5.97 Å². The van der Waals surface area contributed by atoms with Crippen molar-refractivity contribution >= 4 is 12.0 Å². The molecule has 0 bridgehead atoms. The fourth-order valence-electron chi connectivity index (χ4n) is 2.75.